The molecule has 1 aliphatic carbocycles. The van der Waals surface area contributed by atoms with Crippen molar-refractivity contribution >= 4 is 18.1 Å². The van der Waals surface area contributed by atoms with Crippen LogP contribution in [-0.4, -0.2) is 19.6 Å². The van der Waals surface area contributed by atoms with Crippen LogP contribution < -0.4 is 5.32 Å². The molecule has 0 radical (unpaired) electrons. The fourth-order valence-corrected chi connectivity index (χ4v) is 2.81. The summed E-state index contributed by atoms with van der Waals surface area (Å²) in [6.07, 6.45) is 11.4. The van der Waals surface area contributed by atoms with Crippen molar-refractivity contribution in [3.05, 3.63) is 29.8 Å². The van der Waals surface area contributed by atoms with E-state index in [1.807, 2.05) is 31.0 Å². The molecule has 2 aromatic heterocycles. The second-order valence-electron chi connectivity index (χ2n) is 5.42. The third-order valence-electron chi connectivity index (χ3n) is 3.85. The first-order chi connectivity index (χ1) is 9.22. The topological polar surface area (TPSA) is 47.7 Å². The van der Waals surface area contributed by atoms with Gasteiger partial charge in [-0.1, -0.05) is 12.8 Å². The van der Waals surface area contributed by atoms with Gasteiger partial charge < -0.3 is 5.32 Å². The van der Waals surface area contributed by atoms with E-state index in [9.17, 15) is 0 Å². The van der Waals surface area contributed by atoms with Crippen molar-refractivity contribution < 1.29 is 0 Å². The molecule has 1 fully saturated rings. The Hall–Kier alpha value is -1.49. The highest BCUT2D eigenvalue weighted by Crippen LogP contribution is 2.28. The van der Waals surface area contributed by atoms with Gasteiger partial charge in [-0.25, -0.2) is 0 Å². The minimum absolute atomic E-state index is 0. The summed E-state index contributed by atoms with van der Waals surface area (Å²) in [5.41, 5.74) is 3.36. The first-order valence-corrected chi connectivity index (χ1v) is 6.99. The Morgan fingerprint density at radius 3 is 2.70 bits per heavy atom. The summed E-state index contributed by atoms with van der Waals surface area (Å²) in [6.45, 7) is 2.82. The quantitative estimate of drug-likeness (QED) is 0.943. The summed E-state index contributed by atoms with van der Waals surface area (Å²) in [5, 5.41) is 12.2. The molecule has 0 spiro atoms. The number of rotatable bonds is 4. The Labute approximate surface area is 125 Å². The van der Waals surface area contributed by atoms with E-state index in [4.69, 9.17) is 0 Å². The second kappa shape index (κ2) is 6.31. The van der Waals surface area contributed by atoms with Crippen LogP contribution in [0.3, 0.4) is 0 Å². The van der Waals surface area contributed by atoms with Gasteiger partial charge in [0.2, 0.25) is 0 Å². The Kier molecular flexibility index (Phi) is 4.70. The van der Waals surface area contributed by atoms with Crippen LogP contribution in [0.1, 0.15) is 43.0 Å². The number of anilines is 1. The average Bonchev–Trinajstić information content (AvgIpc) is 3.07. The molecule has 0 atom stereocenters. The van der Waals surface area contributed by atoms with E-state index in [0.717, 1.165) is 17.9 Å². The van der Waals surface area contributed by atoms with Crippen molar-refractivity contribution in [1.29, 1.82) is 0 Å². The fourth-order valence-electron chi connectivity index (χ4n) is 2.81. The minimum Gasteiger partial charge on any atom is -0.378 e. The molecule has 0 bridgehead atoms. The van der Waals surface area contributed by atoms with E-state index >= 15 is 0 Å². The highest BCUT2D eigenvalue weighted by atomic mass is 35.5. The lowest BCUT2D eigenvalue weighted by Crippen LogP contribution is -2.04. The van der Waals surface area contributed by atoms with Crippen LogP contribution in [0, 0.1) is 6.92 Å². The predicted octanol–water partition coefficient (Wildman–Crippen LogP) is 3.07. The van der Waals surface area contributed by atoms with Gasteiger partial charge in [-0.05, 0) is 19.8 Å². The molecule has 0 amide bonds. The molecule has 0 aromatic carbocycles. The van der Waals surface area contributed by atoms with Gasteiger partial charge in [0.25, 0.3) is 0 Å². The lowest BCUT2D eigenvalue weighted by atomic mass is 10.2. The maximum atomic E-state index is 4.49. The average molecular weight is 296 g/mol. The van der Waals surface area contributed by atoms with Crippen LogP contribution in [0.4, 0.5) is 5.69 Å². The smallest absolute Gasteiger partial charge is 0.0825 e. The molecule has 1 aliphatic rings. The van der Waals surface area contributed by atoms with Crippen molar-refractivity contribution in [3.63, 3.8) is 0 Å². The highest BCUT2D eigenvalue weighted by molar-refractivity contribution is 5.85. The van der Waals surface area contributed by atoms with Gasteiger partial charge in [0.15, 0.2) is 0 Å². The Morgan fingerprint density at radius 1 is 1.30 bits per heavy atom. The third-order valence-corrected chi connectivity index (χ3v) is 3.85. The molecule has 2 aromatic rings. The summed E-state index contributed by atoms with van der Waals surface area (Å²) in [4.78, 5) is 0. The summed E-state index contributed by atoms with van der Waals surface area (Å²) < 4.78 is 3.97. The molecule has 0 aliphatic heterocycles. The highest BCUT2D eigenvalue weighted by Gasteiger charge is 2.17. The van der Waals surface area contributed by atoms with Crippen LogP contribution in [0.15, 0.2) is 18.6 Å². The molecule has 110 valence electrons. The monoisotopic (exact) mass is 295 g/mol. The maximum Gasteiger partial charge on any atom is 0.0825 e. The summed E-state index contributed by atoms with van der Waals surface area (Å²) >= 11 is 0. The van der Waals surface area contributed by atoms with Gasteiger partial charge in [-0.3, -0.25) is 9.36 Å². The van der Waals surface area contributed by atoms with E-state index in [1.54, 1.807) is 0 Å². The van der Waals surface area contributed by atoms with Gasteiger partial charge in [0, 0.05) is 31.5 Å². The van der Waals surface area contributed by atoms with Crippen molar-refractivity contribution in [2.75, 3.05) is 5.32 Å². The standard InChI is InChI=1S/C14H21N5.ClH/c1-11-14(10-18(2)17-11)15-7-12-8-16-19(9-12)13-5-3-4-6-13;/h8-10,13,15H,3-7H2,1-2H3;1H. The third kappa shape index (κ3) is 3.15. The molecule has 1 N–H and O–H groups in total. The van der Waals surface area contributed by atoms with Crippen LogP contribution in [0.2, 0.25) is 0 Å². The van der Waals surface area contributed by atoms with Crippen molar-refractivity contribution in [2.24, 2.45) is 7.05 Å². The normalized spacial score (nSPS) is 15.3. The zero-order valence-corrected chi connectivity index (χ0v) is 12.9. The number of hydrogen-bond acceptors (Lipinski definition) is 3. The van der Waals surface area contributed by atoms with Crippen LogP contribution in [0.5, 0.6) is 0 Å². The molecule has 1 saturated carbocycles. The summed E-state index contributed by atoms with van der Waals surface area (Å²) in [6, 6.07) is 0.619. The summed E-state index contributed by atoms with van der Waals surface area (Å²) in [5.74, 6) is 0. The number of hydrogen-bond donors (Lipinski definition) is 1. The molecule has 0 unspecified atom stereocenters. The van der Waals surface area contributed by atoms with Gasteiger partial charge in [-0.15, -0.1) is 12.4 Å². The molecule has 20 heavy (non-hydrogen) atoms. The zero-order chi connectivity index (χ0) is 13.2. The number of aromatic nitrogens is 4. The molecule has 2 heterocycles. The largest absolute Gasteiger partial charge is 0.378 e. The van der Waals surface area contributed by atoms with Crippen LogP contribution in [0.25, 0.3) is 0 Å². The SMILES string of the molecule is Cc1nn(C)cc1NCc1cnn(C2CCCC2)c1.Cl. The summed E-state index contributed by atoms with van der Waals surface area (Å²) in [7, 11) is 1.94. The second-order valence-corrected chi connectivity index (χ2v) is 5.42. The Morgan fingerprint density at radius 2 is 2.05 bits per heavy atom. The van der Waals surface area contributed by atoms with Gasteiger partial charge in [0.1, 0.15) is 0 Å². The number of nitrogens with one attached hydrogen (secondary N) is 1. The molecular formula is C14H22ClN5. The lowest BCUT2D eigenvalue weighted by Gasteiger charge is -2.08. The molecule has 3 rings (SSSR count). The van der Waals surface area contributed by atoms with Crippen LogP contribution in [-0.2, 0) is 13.6 Å². The molecule has 5 nitrogen and oxygen atoms in total. The predicted molar refractivity (Wildman–Crippen MR) is 82.3 cm³/mol. The maximum absolute atomic E-state index is 4.49. The number of halogens is 1. The number of nitrogens with zero attached hydrogens (tertiary/aromatic N) is 4. The van der Waals surface area contributed by atoms with Gasteiger partial charge in [0.05, 0.1) is 23.6 Å². The van der Waals surface area contributed by atoms with Crippen LogP contribution >= 0.6 is 12.4 Å². The van der Waals surface area contributed by atoms with Crippen molar-refractivity contribution in [2.45, 2.75) is 45.2 Å². The van der Waals surface area contributed by atoms with E-state index in [0.29, 0.717) is 6.04 Å². The molecular weight excluding hydrogens is 274 g/mol. The first-order valence-electron chi connectivity index (χ1n) is 6.99. The van der Waals surface area contributed by atoms with E-state index in [1.165, 1.54) is 31.2 Å². The van der Waals surface area contributed by atoms with E-state index in [2.05, 4.69) is 26.4 Å². The van der Waals surface area contributed by atoms with Crippen molar-refractivity contribution in [3.8, 4) is 0 Å². The molecule has 6 heteroatoms. The Bertz CT molecular complexity index is 554. The molecule has 0 saturated heterocycles. The fraction of sp³-hybridized carbons (Fsp3) is 0.571. The number of aryl methyl sites for hydroxylation is 2. The van der Waals surface area contributed by atoms with Gasteiger partial charge in [-0.2, -0.15) is 10.2 Å². The minimum atomic E-state index is 0. The van der Waals surface area contributed by atoms with Crippen molar-refractivity contribution in [1.82, 2.24) is 19.6 Å². The zero-order valence-electron chi connectivity index (χ0n) is 12.0. The van der Waals surface area contributed by atoms with Gasteiger partial charge >= 0.3 is 0 Å². The van der Waals surface area contributed by atoms with E-state index < -0.39 is 0 Å². The Balaban J connectivity index is 0.00000147. The first kappa shape index (κ1) is 14.9. The lowest BCUT2D eigenvalue weighted by molar-refractivity contribution is 0.466. The van der Waals surface area contributed by atoms with E-state index in [-0.39, 0.29) is 12.4 Å².